The summed E-state index contributed by atoms with van der Waals surface area (Å²) >= 11 is 0. The second kappa shape index (κ2) is 8.09. The molecule has 24 heavy (non-hydrogen) atoms. The Labute approximate surface area is 144 Å². The van der Waals surface area contributed by atoms with Crippen LogP contribution in [0.2, 0.25) is 0 Å². The van der Waals surface area contributed by atoms with E-state index in [4.69, 9.17) is 4.74 Å². The Morgan fingerprint density at radius 2 is 2.00 bits per heavy atom. The summed E-state index contributed by atoms with van der Waals surface area (Å²) in [5.74, 6) is -0.250. The molecule has 2 rings (SSSR count). The van der Waals surface area contributed by atoms with Crippen molar-refractivity contribution in [1.82, 2.24) is 9.62 Å². The number of nitrogens with one attached hydrogen (secondary N) is 1. The van der Waals surface area contributed by atoms with E-state index in [9.17, 15) is 13.2 Å². The molecule has 134 valence electrons. The lowest BCUT2D eigenvalue weighted by atomic mass is 9.95. The average molecular weight is 354 g/mol. The molecule has 1 aliphatic heterocycles. The van der Waals surface area contributed by atoms with Crippen LogP contribution in [-0.2, 0) is 32.5 Å². The van der Waals surface area contributed by atoms with Gasteiger partial charge in [0.15, 0.2) is 0 Å². The van der Waals surface area contributed by atoms with Crippen LogP contribution in [0, 0.1) is 0 Å². The van der Waals surface area contributed by atoms with E-state index in [2.05, 4.69) is 5.32 Å². The molecule has 1 heterocycles. The Balaban J connectivity index is 2.02. The van der Waals surface area contributed by atoms with Crippen molar-refractivity contribution in [3.05, 3.63) is 35.4 Å². The van der Waals surface area contributed by atoms with Crippen LogP contribution in [0.4, 0.5) is 0 Å². The van der Waals surface area contributed by atoms with Gasteiger partial charge in [-0.05, 0) is 37.8 Å². The number of carbonyl (C=O) groups excluding carboxylic acids is 1. The zero-order valence-electron chi connectivity index (χ0n) is 14.5. The van der Waals surface area contributed by atoms with Crippen molar-refractivity contribution in [3.8, 4) is 0 Å². The molecule has 0 saturated heterocycles. The quantitative estimate of drug-likeness (QED) is 0.749. The fourth-order valence-electron chi connectivity index (χ4n) is 2.79. The second-order valence-electron chi connectivity index (χ2n) is 6.36. The van der Waals surface area contributed by atoms with Crippen LogP contribution in [-0.4, -0.2) is 50.2 Å². The molecule has 0 aliphatic carbocycles. The lowest BCUT2D eigenvalue weighted by Gasteiger charge is -2.34. The molecule has 1 atom stereocenters. The maximum Gasteiger partial charge on any atom is 0.238 e. The maximum absolute atomic E-state index is 12.5. The van der Waals surface area contributed by atoms with Gasteiger partial charge in [0, 0.05) is 19.7 Å². The molecule has 1 aromatic rings. The van der Waals surface area contributed by atoms with Gasteiger partial charge in [-0.15, -0.1) is 0 Å². The molecule has 7 heteroatoms. The van der Waals surface area contributed by atoms with Crippen molar-refractivity contribution >= 4 is 15.9 Å². The van der Waals surface area contributed by atoms with Crippen molar-refractivity contribution < 1.29 is 17.9 Å². The van der Waals surface area contributed by atoms with Crippen molar-refractivity contribution in [2.45, 2.75) is 45.4 Å². The molecule has 0 spiro atoms. The first kappa shape index (κ1) is 18.9. The van der Waals surface area contributed by atoms with Crippen LogP contribution in [0.1, 0.15) is 31.4 Å². The van der Waals surface area contributed by atoms with Crippen molar-refractivity contribution in [3.63, 3.8) is 0 Å². The fraction of sp³-hybridized carbons (Fsp3) is 0.588. The molecule has 0 fully saturated rings. The Morgan fingerprint density at radius 3 is 2.62 bits per heavy atom. The van der Waals surface area contributed by atoms with Gasteiger partial charge < -0.3 is 10.1 Å². The van der Waals surface area contributed by atoms with Gasteiger partial charge in [-0.3, -0.25) is 4.79 Å². The smallest absolute Gasteiger partial charge is 0.238 e. The molecule has 6 nitrogen and oxygen atoms in total. The summed E-state index contributed by atoms with van der Waals surface area (Å²) in [6, 6.07) is 6.96. The fourth-order valence-corrected chi connectivity index (χ4v) is 3.80. The van der Waals surface area contributed by atoms with Gasteiger partial charge in [0.2, 0.25) is 15.9 Å². The van der Waals surface area contributed by atoms with Gasteiger partial charge in [-0.1, -0.05) is 24.3 Å². The number of fused-ring (bicyclic) bond motifs is 1. The van der Waals surface area contributed by atoms with Gasteiger partial charge in [-0.25, -0.2) is 8.42 Å². The Morgan fingerprint density at radius 1 is 1.33 bits per heavy atom. The highest BCUT2D eigenvalue weighted by molar-refractivity contribution is 7.88. The summed E-state index contributed by atoms with van der Waals surface area (Å²) in [5.41, 5.74) is 1.98. The predicted octanol–water partition coefficient (Wildman–Crippen LogP) is 1.30. The molecular formula is C17H26N2O4S. The topological polar surface area (TPSA) is 75.7 Å². The summed E-state index contributed by atoms with van der Waals surface area (Å²) < 4.78 is 30.9. The first-order chi connectivity index (χ1) is 11.3. The van der Waals surface area contributed by atoms with E-state index in [0.717, 1.165) is 17.4 Å². The van der Waals surface area contributed by atoms with Gasteiger partial charge >= 0.3 is 0 Å². The monoisotopic (exact) mass is 354 g/mol. The molecular weight excluding hydrogens is 328 g/mol. The Bertz CT molecular complexity index is 673. The van der Waals surface area contributed by atoms with E-state index in [1.807, 2.05) is 38.1 Å². The van der Waals surface area contributed by atoms with Crippen LogP contribution in [0.15, 0.2) is 24.3 Å². The van der Waals surface area contributed by atoms with Gasteiger partial charge in [0.25, 0.3) is 0 Å². The summed E-state index contributed by atoms with van der Waals surface area (Å²) in [7, 11) is -3.46. The highest BCUT2D eigenvalue weighted by atomic mass is 32.2. The van der Waals surface area contributed by atoms with E-state index in [1.54, 1.807) is 0 Å². The SMILES string of the molecule is CC(C)OCCCNC(=O)[C@H]1Cc2ccccc2CN1S(C)(=O)=O. The molecule has 1 aromatic carbocycles. The predicted molar refractivity (Wildman–Crippen MR) is 93.0 cm³/mol. The van der Waals surface area contributed by atoms with E-state index in [1.165, 1.54) is 4.31 Å². The zero-order chi connectivity index (χ0) is 17.7. The van der Waals surface area contributed by atoms with E-state index in [-0.39, 0.29) is 18.6 Å². The normalized spacial score (nSPS) is 18.4. The van der Waals surface area contributed by atoms with Crippen molar-refractivity contribution in [2.75, 3.05) is 19.4 Å². The average Bonchev–Trinajstić information content (AvgIpc) is 2.52. The second-order valence-corrected chi connectivity index (χ2v) is 8.30. The molecule has 1 amide bonds. The number of benzene rings is 1. The van der Waals surface area contributed by atoms with E-state index < -0.39 is 16.1 Å². The third kappa shape index (κ3) is 5.03. The minimum atomic E-state index is -3.46. The first-order valence-electron chi connectivity index (χ1n) is 8.22. The largest absolute Gasteiger partial charge is 0.379 e. The third-order valence-corrected chi connectivity index (χ3v) is 5.24. The zero-order valence-corrected chi connectivity index (χ0v) is 15.3. The van der Waals surface area contributed by atoms with Gasteiger partial charge in [-0.2, -0.15) is 4.31 Å². The molecule has 1 aliphatic rings. The van der Waals surface area contributed by atoms with E-state index in [0.29, 0.717) is 26.0 Å². The number of sulfonamides is 1. The molecule has 0 saturated carbocycles. The number of nitrogens with zero attached hydrogens (tertiary/aromatic N) is 1. The van der Waals surface area contributed by atoms with Crippen LogP contribution < -0.4 is 5.32 Å². The highest BCUT2D eigenvalue weighted by Gasteiger charge is 2.36. The molecule has 0 aromatic heterocycles. The summed E-state index contributed by atoms with van der Waals surface area (Å²) in [5, 5.41) is 2.83. The first-order valence-corrected chi connectivity index (χ1v) is 10.1. The number of hydrogen-bond acceptors (Lipinski definition) is 4. The summed E-state index contributed by atoms with van der Waals surface area (Å²) in [6.07, 6.45) is 2.41. The molecule has 0 unspecified atom stereocenters. The lowest BCUT2D eigenvalue weighted by molar-refractivity contribution is -0.125. The molecule has 0 radical (unpaired) electrons. The van der Waals surface area contributed by atoms with Crippen LogP contribution in [0.3, 0.4) is 0 Å². The standard InChI is InChI=1S/C17H26N2O4S/c1-13(2)23-10-6-9-18-17(20)16-11-14-7-4-5-8-15(14)12-19(16)24(3,21)22/h4-5,7-8,13,16H,6,9-12H2,1-3H3,(H,18,20)/t16-/m1/s1. The number of hydrogen-bond donors (Lipinski definition) is 1. The minimum Gasteiger partial charge on any atom is -0.379 e. The highest BCUT2D eigenvalue weighted by Crippen LogP contribution is 2.25. The number of carbonyl (C=O) groups is 1. The summed E-state index contributed by atoms with van der Waals surface area (Å²) in [4.78, 5) is 12.5. The minimum absolute atomic E-state index is 0.163. The Hall–Kier alpha value is -1.44. The number of ether oxygens (including phenoxy) is 1. The molecule has 1 N–H and O–H groups in total. The van der Waals surface area contributed by atoms with E-state index >= 15 is 0 Å². The summed E-state index contributed by atoms with van der Waals surface area (Å²) in [6.45, 7) is 5.20. The van der Waals surface area contributed by atoms with Crippen molar-refractivity contribution in [1.29, 1.82) is 0 Å². The van der Waals surface area contributed by atoms with Crippen molar-refractivity contribution in [2.24, 2.45) is 0 Å². The number of rotatable bonds is 7. The number of amides is 1. The Kier molecular flexibility index (Phi) is 6.37. The van der Waals surface area contributed by atoms with Crippen LogP contribution >= 0.6 is 0 Å². The van der Waals surface area contributed by atoms with Gasteiger partial charge in [0.05, 0.1) is 12.4 Å². The van der Waals surface area contributed by atoms with Gasteiger partial charge in [0.1, 0.15) is 6.04 Å². The third-order valence-electron chi connectivity index (χ3n) is 4.01. The lowest BCUT2D eigenvalue weighted by Crippen LogP contribution is -2.52. The maximum atomic E-state index is 12.5. The molecule has 0 bridgehead atoms. The van der Waals surface area contributed by atoms with Crippen LogP contribution in [0.25, 0.3) is 0 Å². The van der Waals surface area contributed by atoms with Crippen LogP contribution in [0.5, 0.6) is 0 Å².